The van der Waals surface area contributed by atoms with E-state index < -0.39 is 0 Å². The second-order valence-corrected chi connectivity index (χ2v) is 11.0. The monoisotopic (exact) mass is 581 g/mol. The van der Waals surface area contributed by atoms with E-state index in [1.54, 1.807) is 26.5 Å². The Morgan fingerprint density at radius 3 is 2.80 bits per heavy atom. The Hall–Kier alpha value is -3.45. The lowest BCUT2D eigenvalue weighted by Gasteiger charge is -2.34. The Labute approximate surface area is 243 Å². The van der Waals surface area contributed by atoms with Crippen LogP contribution in [0.1, 0.15) is 23.2 Å². The van der Waals surface area contributed by atoms with E-state index in [1.165, 1.54) is 11.8 Å². The van der Waals surface area contributed by atoms with E-state index in [-0.39, 0.29) is 24.0 Å². The standard InChI is InChI=1S/C29H35N5O6S/c1-37-11-12-39-17-22(40-28-15-30-23-5-4-21(38-2)14-24(23)33-28)16-34-9-7-20(8-10-34)31-29(36)19-3-6-26-25(13-19)32-27(35)18-41-26/h3-6,13-15,20,22H,7-12,16-18H2,1-2H3,(H,31,36)(H,32,35). The average Bonchev–Trinajstić information content (AvgIpc) is 2.99. The molecule has 2 aliphatic rings. The number of anilines is 1. The number of hydrogen-bond acceptors (Lipinski definition) is 10. The van der Waals surface area contributed by atoms with Crippen LogP contribution in [0, 0.1) is 0 Å². The van der Waals surface area contributed by atoms with Gasteiger partial charge in [-0.2, -0.15) is 0 Å². The van der Waals surface area contributed by atoms with Crippen LogP contribution < -0.4 is 20.1 Å². The Balaban J connectivity index is 1.16. The number of methoxy groups -OCH3 is 2. The Morgan fingerprint density at radius 1 is 1.15 bits per heavy atom. The van der Waals surface area contributed by atoms with Crippen molar-refractivity contribution in [3.8, 4) is 11.6 Å². The summed E-state index contributed by atoms with van der Waals surface area (Å²) in [6.07, 6.45) is 2.99. The number of carbonyl (C=O) groups is 2. The first-order valence-electron chi connectivity index (χ1n) is 13.6. The number of ether oxygens (including phenoxy) is 4. The molecule has 41 heavy (non-hydrogen) atoms. The summed E-state index contributed by atoms with van der Waals surface area (Å²) in [5, 5.41) is 6.00. The van der Waals surface area contributed by atoms with Crippen molar-refractivity contribution < 1.29 is 28.5 Å². The summed E-state index contributed by atoms with van der Waals surface area (Å²) in [6, 6.07) is 11.1. The van der Waals surface area contributed by atoms with E-state index in [9.17, 15) is 9.59 Å². The van der Waals surface area contributed by atoms with Crippen molar-refractivity contribution in [3.63, 3.8) is 0 Å². The number of benzene rings is 2. The zero-order chi connectivity index (χ0) is 28.6. The van der Waals surface area contributed by atoms with Gasteiger partial charge in [-0.15, -0.1) is 11.8 Å². The van der Waals surface area contributed by atoms with Crippen molar-refractivity contribution in [2.24, 2.45) is 0 Å². The number of likely N-dealkylation sites (tertiary alicyclic amines) is 1. The molecule has 0 bridgehead atoms. The minimum absolute atomic E-state index is 0.0494. The summed E-state index contributed by atoms with van der Waals surface area (Å²) in [7, 11) is 3.26. The highest BCUT2D eigenvalue weighted by molar-refractivity contribution is 8.00. The van der Waals surface area contributed by atoms with E-state index >= 15 is 0 Å². The summed E-state index contributed by atoms with van der Waals surface area (Å²) in [4.78, 5) is 37.1. The van der Waals surface area contributed by atoms with Crippen LogP contribution in [0.4, 0.5) is 5.69 Å². The van der Waals surface area contributed by atoms with E-state index in [2.05, 4.69) is 25.5 Å². The third-order valence-corrected chi connectivity index (χ3v) is 8.08. The van der Waals surface area contributed by atoms with Crippen LogP contribution in [-0.4, -0.2) is 98.3 Å². The van der Waals surface area contributed by atoms with E-state index in [1.807, 2.05) is 30.3 Å². The number of hydrogen-bond donors (Lipinski definition) is 2. The molecule has 3 heterocycles. The second kappa shape index (κ2) is 13.9. The molecule has 5 rings (SSSR count). The van der Waals surface area contributed by atoms with Gasteiger partial charge >= 0.3 is 0 Å². The van der Waals surface area contributed by atoms with Crippen LogP contribution in [0.5, 0.6) is 11.6 Å². The molecule has 1 atom stereocenters. The molecule has 12 heteroatoms. The number of nitrogens with zero attached hydrogens (tertiary/aromatic N) is 3. The van der Waals surface area contributed by atoms with Crippen molar-refractivity contribution in [3.05, 3.63) is 48.2 Å². The number of aromatic nitrogens is 2. The molecule has 1 fully saturated rings. The molecule has 1 aromatic heterocycles. The fourth-order valence-electron chi connectivity index (χ4n) is 4.85. The van der Waals surface area contributed by atoms with Gasteiger partial charge in [0.1, 0.15) is 11.9 Å². The number of amides is 2. The van der Waals surface area contributed by atoms with Gasteiger partial charge < -0.3 is 29.6 Å². The lowest BCUT2D eigenvalue weighted by molar-refractivity contribution is -0.113. The lowest BCUT2D eigenvalue weighted by Crippen LogP contribution is -2.48. The molecule has 1 saturated heterocycles. The minimum atomic E-state index is -0.265. The molecule has 1 unspecified atom stereocenters. The number of thioether (sulfide) groups is 1. The molecule has 2 amide bonds. The number of fused-ring (bicyclic) bond motifs is 2. The highest BCUT2D eigenvalue weighted by Crippen LogP contribution is 2.32. The van der Waals surface area contributed by atoms with Gasteiger partial charge in [0.15, 0.2) is 0 Å². The predicted molar refractivity (Wildman–Crippen MR) is 156 cm³/mol. The van der Waals surface area contributed by atoms with Crippen molar-refractivity contribution >= 4 is 40.3 Å². The largest absolute Gasteiger partial charge is 0.497 e. The summed E-state index contributed by atoms with van der Waals surface area (Å²) < 4.78 is 22.5. The first-order valence-corrected chi connectivity index (χ1v) is 14.6. The fourth-order valence-corrected chi connectivity index (χ4v) is 5.64. The van der Waals surface area contributed by atoms with E-state index in [0.717, 1.165) is 36.3 Å². The number of nitrogens with one attached hydrogen (secondary N) is 2. The second-order valence-electron chi connectivity index (χ2n) is 9.97. The predicted octanol–water partition coefficient (Wildman–Crippen LogP) is 2.99. The zero-order valence-electron chi connectivity index (χ0n) is 23.3. The van der Waals surface area contributed by atoms with Gasteiger partial charge in [0.25, 0.3) is 5.91 Å². The Bertz CT molecular complexity index is 1370. The summed E-state index contributed by atoms with van der Waals surface area (Å²) in [5.41, 5.74) is 2.69. The normalized spacial score (nSPS) is 16.6. The maximum absolute atomic E-state index is 12.9. The highest BCUT2D eigenvalue weighted by Gasteiger charge is 2.25. The van der Waals surface area contributed by atoms with Crippen molar-refractivity contribution in [1.82, 2.24) is 20.2 Å². The molecule has 0 radical (unpaired) electrons. The fraction of sp³-hybridized carbons (Fsp3) is 0.448. The lowest BCUT2D eigenvalue weighted by atomic mass is 10.0. The summed E-state index contributed by atoms with van der Waals surface area (Å²) in [5.74, 6) is 1.35. The number of carbonyl (C=O) groups excluding carboxylic acids is 2. The molecule has 11 nitrogen and oxygen atoms in total. The SMILES string of the molecule is COCCOCC(CN1CCC(NC(=O)c2ccc3c(c2)NC(=O)CS3)CC1)Oc1cnc2ccc(OC)cc2n1. The highest BCUT2D eigenvalue weighted by atomic mass is 32.2. The maximum atomic E-state index is 12.9. The van der Waals surface area contributed by atoms with Crippen LogP contribution in [0.3, 0.4) is 0 Å². The minimum Gasteiger partial charge on any atom is -0.497 e. The van der Waals surface area contributed by atoms with Gasteiger partial charge in [-0.1, -0.05) is 0 Å². The first-order chi connectivity index (χ1) is 20.0. The van der Waals surface area contributed by atoms with Crippen LogP contribution in [0.2, 0.25) is 0 Å². The van der Waals surface area contributed by atoms with Gasteiger partial charge in [-0.25, -0.2) is 9.97 Å². The maximum Gasteiger partial charge on any atom is 0.251 e. The van der Waals surface area contributed by atoms with E-state index in [0.29, 0.717) is 60.5 Å². The molecule has 218 valence electrons. The molecular weight excluding hydrogens is 546 g/mol. The van der Waals surface area contributed by atoms with Gasteiger partial charge in [0.05, 0.1) is 55.6 Å². The van der Waals surface area contributed by atoms with Gasteiger partial charge in [0, 0.05) is 49.3 Å². The zero-order valence-corrected chi connectivity index (χ0v) is 24.1. The number of piperidine rings is 1. The topological polar surface area (TPSA) is 124 Å². The van der Waals surface area contributed by atoms with Crippen LogP contribution in [0.15, 0.2) is 47.5 Å². The average molecular weight is 582 g/mol. The molecule has 0 saturated carbocycles. The molecule has 2 aliphatic heterocycles. The van der Waals surface area contributed by atoms with Crippen molar-refractivity contribution in [2.75, 3.05) is 64.7 Å². The third kappa shape index (κ3) is 7.85. The number of rotatable bonds is 12. The van der Waals surface area contributed by atoms with Crippen LogP contribution in [0.25, 0.3) is 11.0 Å². The molecule has 0 aliphatic carbocycles. The molecular formula is C29H35N5O6S. The van der Waals surface area contributed by atoms with E-state index in [4.69, 9.17) is 18.9 Å². The van der Waals surface area contributed by atoms with Gasteiger partial charge in [0.2, 0.25) is 11.8 Å². The van der Waals surface area contributed by atoms with Crippen LogP contribution in [-0.2, 0) is 14.3 Å². The first kappa shape index (κ1) is 29.1. The third-order valence-electron chi connectivity index (χ3n) is 7.01. The summed E-state index contributed by atoms with van der Waals surface area (Å²) in [6.45, 7) is 3.61. The van der Waals surface area contributed by atoms with Crippen molar-refractivity contribution in [2.45, 2.75) is 29.9 Å². The quantitative estimate of drug-likeness (QED) is 0.309. The molecule has 2 aromatic carbocycles. The van der Waals surface area contributed by atoms with Crippen molar-refractivity contribution in [1.29, 1.82) is 0 Å². The molecule has 3 aromatic rings. The Kier molecular flexibility index (Phi) is 9.88. The Morgan fingerprint density at radius 2 is 2.00 bits per heavy atom. The van der Waals surface area contributed by atoms with Gasteiger partial charge in [-0.05, 0) is 43.2 Å². The molecule has 0 spiro atoms. The summed E-state index contributed by atoms with van der Waals surface area (Å²) >= 11 is 1.48. The van der Waals surface area contributed by atoms with Crippen LogP contribution >= 0.6 is 11.8 Å². The van der Waals surface area contributed by atoms with Gasteiger partial charge in [-0.3, -0.25) is 14.5 Å². The molecule has 2 N–H and O–H groups in total. The smallest absolute Gasteiger partial charge is 0.251 e.